The van der Waals surface area contributed by atoms with Gasteiger partial charge in [0, 0.05) is 17.6 Å². The quantitative estimate of drug-likeness (QED) is 0.777. The van der Waals surface area contributed by atoms with Crippen molar-refractivity contribution in [3.8, 4) is 11.7 Å². The molecule has 0 radical (unpaired) electrons. The number of benzene rings is 1. The number of nitrogens with zero attached hydrogens (tertiary/aromatic N) is 1. The Hall–Kier alpha value is -2.82. The molecule has 3 aromatic rings. The monoisotopic (exact) mass is 255 g/mol. The van der Waals surface area contributed by atoms with Crippen molar-refractivity contribution < 1.29 is 19.1 Å². The summed E-state index contributed by atoms with van der Waals surface area (Å²) in [7, 11) is 0. The second kappa shape index (κ2) is 4.45. The number of carbonyl (C=O) groups is 1. The van der Waals surface area contributed by atoms with Crippen molar-refractivity contribution in [2.45, 2.75) is 0 Å². The lowest BCUT2D eigenvalue weighted by Crippen LogP contribution is -1.91. The molecule has 0 fully saturated rings. The summed E-state index contributed by atoms with van der Waals surface area (Å²) in [5, 5.41) is 9.61. The highest BCUT2D eigenvalue weighted by atomic mass is 16.6. The highest BCUT2D eigenvalue weighted by molar-refractivity contribution is 5.85. The lowest BCUT2D eigenvalue weighted by molar-refractivity contribution is 0.0657. The minimum absolute atomic E-state index is 0.133. The first-order valence-electron chi connectivity index (χ1n) is 5.59. The van der Waals surface area contributed by atoms with E-state index in [1.54, 1.807) is 18.3 Å². The maximum Gasteiger partial charge on any atom is 0.371 e. The number of pyridine rings is 1. The largest absolute Gasteiger partial charge is 0.475 e. The van der Waals surface area contributed by atoms with E-state index in [0.29, 0.717) is 5.75 Å². The van der Waals surface area contributed by atoms with E-state index in [1.807, 2.05) is 18.2 Å². The summed E-state index contributed by atoms with van der Waals surface area (Å²) in [5.41, 5.74) is 0.796. The molecule has 5 heteroatoms. The smallest absolute Gasteiger partial charge is 0.371 e. The lowest BCUT2D eigenvalue weighted by atomic mass is 10.2. The van der Waals surface area contributed by atoms with Crippen molar-refractivity contribution in [1.82, 2.24) is 4.98 Å². The van der Waals surface area contributed by atoms with Crippen molar-refractivity contribution in [2.24, 2.45) is 0 Å². The van der Waals surface area contributed by atoms with Gasteiger partial charge in [-0.15, -0.1) is 0 Å². The molecule has 0 unspecified atom stereocenters. The number of furan rings is 1. The fourth-order valence-corrected chi connectivity index (χ4v) is 1.76. The highest BCUT2D eigenvalue weighted by Gasteiger charge is 2.11. The van der Waals surface area contributed by atoms with Gasteiger partial charge in [-0.3, -0.25) is 4.98 Å². The summed E-state index contributed by atoms with van der Waals surface area (Å²) in [5.74, 6) is -0.589. The van der Waals surface area contributed by atoms with Crippen LogP contribution in [0.2, 0.25) is 0 Å². The number of rotatable bonds is 3. The molecule has 0 atom stereocenters. The molecule has 2 aromatic heterocycles. The Morgan fingerprint density at radius 1 is 1.16 bits per heavy atom. The molecule has 0 bridgehead atoms. The van der Waals surface area contributed by atoms with E-state index in [0.717, 1.165) is 10.9 Å². The predicted molar refractivity (Wildman–Crippen MR) is 67.5 cm³/mol. The van der Waals surface area contributed by atoms with Crippen LogP contribution in [0.3, 0.4) is 0 Å². The van der Waals surface area contributed by atoms with Gasteiger partial charge in [0.15, 0.2) is 0 Å². The van der Waals surface area contributed by atoms with Crippen LogP contribution in [0.4, 0.5) is 0 Å². The molecule has 0 saturated heterocycles. The van der Waals surface area contributed by atoms with Crippen LogP contribution in [-0.4, -0.2) is 16.1 Å². The topological polar surface area (TPSA) is 72.6 Å². The second-order valence-electron chi connectivity index (χ2n) is 3.85. The molecule has 0 aliphatic carbocycles. The number of hydrogen-bond acceptors (Lipinski definition) is 4. The van der Waals surface area contributed by atoms with Crippen LogP contribution in [0, 0.1) is 0 Å². The van der Waals surface area contributed by atoms with E-state index in [-0.39, 0.29) is 11.7 Å². The molecule has 0 spiro atoms. The van der Waals surface area contributed by atoms with Crippen molar-refractivity contribution in [2.75, 3.05) is 0 Å². The van der Waals surface area contributed by atoms with Gasteiger partial charge in [-0.2, -0.15) is 0 Å². The molecule has 0 aliphatic heterocycles. The molecular formula is C14H9NO4. The van der Waals surface area contributed by atoms with Gasteiger partial charge in [0.05, 0.1) is 5.52 Å². The van der Waals surface area contributed by atoms with Gasteiger partial charge in [-0.05, 0) is 30.3 Å². The third kappa shape index (κ3) is 2.13. The van der Waals surface area contributed by atoms with Crippen molar-refractivity contribution in [3.05, 3.63) is 54.4 Å². The van der Waals surface area contributed by atoms with Crippen LogP contribution in [0.5, 0.6) is 11.7 Å². The number of hydrogen-bond donors (Lipinski definition) is 1. The second-order valence-corrected chi connectivity index (χ2v) is 3.85. The Morgan fingerprint density at radius 2 is 2.05 bits per heavy atom. The van der Waals surface area contributed by atoms with Crippen molar-refractivity contribution in [3.63, 3.8) is 0 Å². The molecule has 0 saturated carbocycles. The molecule has 0 aliphatic rings. The third-order valence-electron chi connectivity index (χ3n) is 2.61. The minimum atomic E-state index is -1.13. The molecular weight excluding hydrogens is 246 g/mol. The molecule has 1 N–H and O–H groups in total. The van der Waals surface area contributed by atoms with Crippen LogP contribution in [0.1, 0.15) is 10.6 Å². The van der Waals surface area contributed by atoms with E-state index < -0.39 is 5.97 Å². The molecule has 1 aromatic carbocycles. The summed E-state index contributed by atoms with van der Waals surface area (Å²) < 4.78 is 10.6. The zero-order valence-electron chi connectivity index (χ0n) is 9.74. The molecule has 19 heavy (non-hydrogen) atoms. The van der Waals surface area contributed by atoms with Crippen LogP contribution in [0.15, 0.2) is 53.1 Å². The van der Waals surface area contributed by atoms with Crippen LogP contribution in [-0.2, 0) is 0 Å². The van der Waals surface area contributed by atoms with E-state index in [1.165, 1.54) is 12.1 Å². The fourth-order valence-electron chi connectivity index (χ4n) is 1.76. The van der Waals surface area contributed by atoms with Gasteiger partial charge in [0.1, 0.15) is 5.75 Å². The van der Waals surface area contributed by atoms with E-state index in [2.05, 4.69) is 4.98 Å². The third-order valence-corrected chi connectivity index (χ3v) is 2.61. The zero-order valence-corrected chi connectivity index (χ0v) is 9.74. The minimum Gasteiger partial charge on any atom is -0.475 e. The van der Waals surface area contributed by atoms with E-state index >= 15 is 0 Å². The van der Waals surface area contributed by atoms with Crippen molar-refractivity contribution >= 4 is 16.9 Å². The first-order valence-corrected chi connectivity index (χ1v) is 5.59. The Kier molecular flexibility index (Phi) is 2.64. The molecule has 3 rings (SSSR count). The van der Waals surface area contributed by atoms with E-state index in [4.69, 9.17) is 14.3 Å². The van der Waals surface area contributed by atoms with Crippen LogP contribution in [0.25, 0.3) is 10.9 Å². The number of carboxylic acid groups (broad SMARTS) is 1. The Balaban J connectivity index is 1.98. The summed E-state index contributed by atoms with van der Waals surface area (Å²) in [6.07, 6.45) is 1.70. The Bertz CT molecular complexity index is 743. The highest BCUT2D eigenvalue weighted by Crippen LogP contribution is 2.29. The van der Waals surface area contributed by atoms with Crippen molar-refractivity contribution in [1.29, 1.82) is 0 Å². The average Bonchev–Trinajstić information content (AvgIpc) is 2.88. The van der Waals surface area contributed by atoms with Gasteiger partial charge >= 0.3 is 5.97 Å². The summed E-state index contributed by atoms with van der Waals surface area (Å²) in [6, 6.07) is 11.9. The number of fused-ring (bicyclic) bond motifs is 1. The summed E-state index contributed by atoms with van der Waals surface area (Å²) in [6.45, 7) is 0. The molecule has 94 valence electrons. The van der Waals surface area contributed by atoms with Gasteiger partial charge in [-0.25, -0.2) is 4.79 Å². The average molecular weight is 255 g/mol. The molecule has 2 heterocycles. The maximum absolute atomic E-state index is 10.7. The standard InChI is InChI=1S/C14H9NO4/c16-14(17)12-6-7-13(19-12)18-11-5-1-4-10-9(11)3-2-8-15-10/h1-8H,(H,16,17). The molecule has 5 nitrogen and oxygen atoms in total. The Labute approximate surface area is 108 Å². The first-order chi connectivity index (χ1) is 9.24. The maximum atomic E-state index is 10.7. The van der Waals surface area contributed by atoms with Gasteiger partial charge in [0.25, 0.3) is 5.95 Å². The predicted octanol–water partition coefficient (Wildman–Crippen LogP) is 3.32. The van der Waals surface area contributed by atoms with E-state index in [9.17, 15) is 4.79 Å². The number of ether oxygens (including phenoxy) is 1. The fraction of sp³-hybridized carbons (Fsp3) is 0. The number of aromatic carboxylic acids is 1. The number of aromatic nitrogens is 1. The summed E-state index contributed by atoms with van der Waals surface area (Å²) in [4.78, 5) is 14.9. The van der Waals surface area contributed by atoms with Crippen LogP contribution < -0.4 is 4.74 Å². The van der Waals surface area contributed by atoms with Gasteiger partial charge < -0.3 is 14.3 Å². The normalized spacial score (nSPS) is 10.5. The summed E-state index contributed by atoms with van der Waals surface area (Å²) >= 11 is 0. The lowest BCUT2D eigenvalue weighted by Gasteiger charge is -2.05. The van der Waals surface area contributed by atoms with Gasteiger partial charge in [0.2, 0.25) is 5.76 Å². The molecule has 0 amide bonds. The SMILES string of the molecule is O=C(O)c1ccc(Oc2cccc3ncccc23)o1. The van der Waals surface area contributed by atoms with Gasteiger partial charge in [-0.1, -0.05) is 6.07 Å². The Morgan fingerprint density at radius 3 is 2.84 bits per heavy atom. The van der Waals surface area contributed by atoms with Crippen LogP contribution >= 0.6 is 0 Å². The zero-order chi connectivity index (χ0) is 13.2. The first kappa shape index (κ1) is 11.3. The number of carboxylic acids is 1.